The van der Waals surface area contributed by atoms with E-state index in [0.29, 0.717) is 6.54 Å². The second-order valence-corrected chi connectivity index (χ2v) is 10.4. The van der Waals surface area contributed by atoms with Gasteiger partial charge in [-0.2, -0.15) is 0 Å². The van der Waals surface area contributed by atoms with Crippen LogP contribution in [0, 0.1) is 26.7 Å². The van der Waals surface area contributed by atoms with Crippen molar-refractivity contribution >= 4 is 29.3 Å². The summed E-state index contributed by atoms with van der Waals surface area (Å²) in [6.45, 7) is 12.8. The van der Waals surface area contributed by atoms with Gasteiger partial charge in [0.05, 0.1) is 18.1 Å². The number of rotatable bonds is 7. The van der Waals surface area contributed by atoms with Gasteiger partial charge < -0.3 is 14.6 Å². The minimum atomic E-state index is -0.334. The van der Waals surface area contributed by atoms with E-state index in [2.05, 4.69) is 51.0 Å². The van der Waals surface area contributed by atoms with Crippen LogP contribution in [0.15, 0.2) is 40.1 Å². The number of carbonyl (C=O) groups excluding carboxylic acids is 1. The number of hydrogen-bond donors (Lipinski definition) is 1. The monoisotopic (exact) mass is 467 g/mol. The fourth-order valence-electron chi connectivity index (χ4n) is 4.32. The van der Waals surface area contributed by atoms with Gasteiger partial charge in [0.1, 0.15) is 5.76 Å². The molecule has 3 aromatic rings. The molecule has 33 heavy (non-hydrogen) atoms. The number of aryl methyl sites for hydroxylation is 3. The summed E-state index contributed by atoms with van der Waals surface area (Å²) in [5, 5.41) is 12.5. The van der Waals surface area contributed by atoms with Gasteiger partial charge in [-0.15, -0.1) is 10.2 Å². The molecule has 1 fully saturated rings. The number of hydrogen-bond acceptors (Lipinski definition) is 6. The Hall–Kier alpha value is -2.74. The first-order chi connectivity index (χ1) is 15.8. The molecule has 1 amide bonds. The summed E-state index contributed by atoms with van der Waals surface area (Å²) >= 11 is 1.43. The molecule has 7 nitrogen and oxygen atoms in total. The second kappa shape index (κ2) is 10.0. The summed E-state index contributed by atoms with van der Waals surface area (Å²) in [6, 6.07) is 8.02. The number of benzene rings is 1. The lowest BCUT2D eigenvalue weighted by Gasteiger charge is -2.31. The smallest absolute Gasteiger partial charge is 0.237 e. The van der Waals surface area contributed by atoms with Crippen molar-refractivity contribution in [2.75, 3.05) is 23.3 Å². The Morgan fingerprint density at radius 3 is 2.55 bits per heavy atom. The average Bonchev–Trinajstić information content (AvgIpc) is 3.42. The Kier molecular flexibility index (Phi) is 7.12. The fourth-order valence-corrected chi connectivity index (χ4v) is 5.16. The molecule has 0 saturated carbocycles. The van der Waals surface area contributed by atoms with Gasteiger partial charge >= 0.3 is 0 Å². The Bertz CT molecular complexity index is 1080. The van der Waals surface area contributed by atoms with Gasteiger partial charge in [0.2, 0.25) is 11.9 Å². The molecule has 0 bridgehead atoms. The molecule has 1 aliphatic rings. The summed E-state index contributed by atoms with van der Waals surface area (Å²) in [5.74, 6) is 2.37. The highest BCUT2D eigenvalue weighted by Crippen LogP contribution is 2.30. The highest BCUT2D eigenvalue weighted by atomic mass is 32.2. The maximum atomic E-state index is 13.1. The number of carbonyl (C=O) groups is 1. The van der Waals surface area contributed by atoms with Crippen LogP contribution in [0.25, 0.3) is 0 Å². The maximum absolute atomic E-state index is 13.1. The molecule has 176 valence electrons. The van der Waals surface area contributed by atoms with Crippen molar-refractivity contribution in [2.24, 2.45) is 5.92 Å². The topological polar surface area (TPSA) is 76.2 Å². The van der Waals surface area contributed by atoms with Crippen LogP contribution in [0.4, 0.5) is 11.6 Å². The number of piperidine rings is 1. The van der Waals surface area contributed by atoms with Crippen molar-refractivity contribution in [1.29, 1.82) is 0 Å². The molecule has 1 N–H and O–H groups in total. The van der Waals surface area contributed by atoms with Crippen LogP contribution in [-0.2, 0) is 11.3 Å². The summed E-state index contributed by atoms with van der Waals surface area (Å²) in [5.41, 5.74) is 4.22. The van der Waals surface area contributed by atoms with Crippen molar-refractivity contribution in [2.45, 2.75) is 64.4 Å². The van der Waals surface area contributed by atoms with Crippen molar-refractivity contribution in [3.8, 4) is 0 Å². The van der Waals surface area contributed by atoms with Gasteiger partial charge in [-0.3, -0.25) is 9.36 Å². The quantitative estimate of drug-likeness (QED) is 0.481. The van der Waals surface area contributed by atoms with E-state index in [1.807, 2.05) is 32.9 Å². The minimum Gasteiger partial charge on any atom is -0.467 e. The summed E-state index contributed by atoms with van der Waals surface area (Å²) < 4.78 is 7.68. The van der Waals surface area contributed by atoms with Crippen molar-refractivity contribution in [3.63, 3.8) is 0 Å². The van der Waals surface area contributed by atoms with Gasteiger partial charge in [0.15, 0.2) is 5.16 Å². The molecule has 1 atom stereocenters. The summed E-state index contributed by atoms with van der Waals surface area (Å²) in [6.07, 6.45) is 3.96. The predicted molar refractivity (Wildman–Crippen MR) is 133 cm³/mol. The van der Waals surface area contributed by atoms with Gasteiger partial charge in [-0.05, 0) is 69.7 Å². The zero-order valence-corrected chi connectivity index (χ0v) is 20.9. The van der Waals surface area contributed by atoms with Crippen molar-refractivity contribution in [1.82, 2.24) is 14.8 Å². The van der Waals surface area contributed by atoms with Gasteiger partial charge in [0, 0.05) is 18.8 Å². The lowest BCUT2D eigenvalue weighted by Crippen LogP contribution is -2.35. The Morgan fingerprint density at radius 1 is 1.21 bits per heavy atom. The van der Waals surface area contributed by atoms with E-state index >= 15 is 0 Å². The maximum Gasteiger partial charge on any atom is 0.237 e. The van der Waals surface area contributed by atoms with Gasteiger partial charge in [-0.1, -0.05) is 36.4 Å². The molecule has 8 heteroatoms. The molecule has 1 aromatic carbocycles. The van der Waals surface area contributed by atoms with Crippen LogP contribution in [0.5, 0.6) is 0 Å². The van der Waals surface area contributed by atoms with Crippen molar-refractivity contribution < 1.29 is 9.21 Å². The van der Waals surface area contributed by atoms with Crippen LogP contribution in [0.3, 0.4) is 0 Å². The van der Waals surface area contributed by atoms with Gasteiger partial charge in [-0.25, -0.2) is 0 Å². The summed E-state index contributed by atoms with van der Waals surface area (Å²) in [4.78, 5) is 15.4. The highest BCUT2D eigenvalue weighted by Gasteiger charge is 2.26. The molecule has 2 aromatic heterocycles. The molecular formula is C25H33N5O2S. The van der Waals surface area contributed by atoms with Crippen LogP contribution < -0.4 is 10.2 Å². The molecule has 1 aliphatic heterocycles. The lowest BCUT2D eigenvalue weighted by atomic mass is 10.00. The first-order valence-corrected chi connectivity index (χ1v) is 12.5. The summed E-state index contributed by atoms with van der Waals surface area (Å²) in [7, 11) is 0. The predicted octanol–water partition coefficient (Wildman–Crippen LogP) is 5.20. The zero-order valence-electron chi connectivity index (χ0n) is 20.1. The third-order valence-corrected chi connectivity index (χ3v) is 7.31. The molecule has 3 heterocycles. The zero-order chi connectivity index (χ0) is 23.5. The molecule has 4 rings (SSSR count). The molecule has 0 radical (unpaired) electrons. The fraction of sp³-hybridized carbons (Fsp3) is 0.480. The molecule has 1 saturated heterocycles. The average molecular weight is 468 g/mol. The number of furan rings is 1. The highest BCUT2D eigenvalue weighted by molar-refractivity contribution is 8.00. The van der Waals surface area contributed by atoms with E-state index in [1.165, 1.54) is 17.3 Å². The standard InChI is InChI=1S/C25H33N5O2S/c1-16-8-10-29(11-9-16)24-27-28-25(30(24)15-21-7-6-12-32-21)33-20(5)23(31)26-22-18(3)13-17(2)14-19(22)4/h6-7,12-14,16,20H,8-11,15H2,1-5H3,(H,26,31). The number of nitrogens with zero attached hydrogens (tertiary/aromatic N) is 4. The van der Waals surface area contributed by atoms with Crippen LogP contribution in [0.1, 0.15) is 49.1 Å². The lowest BCUT2D eigenvalue weighted by molar-refractivity contribution is -0.115. The van der Waals surface area contributed by atoms with E-state index < -0.39 is 0 Å². The van der Waals surface area contributed by atoms with Crippen LogP contribution >= 0.6 is 11.8 Å². The number of nitrogens with one attached hydrogen (secondary N) is 1. The van der Waals surface area contributed by atoms with E-state index in [0.717, 1.165) is 65.5 Å². The van der Waals surface area contributed by atoms with Crippen LogP contribution in [0.2, 0.25) is 0 Å². The van der Waals surface area contributed by atoms with Gasteiger partial charge in [0.25, 0.3) is 0 Å². The number of aromatic nitrogens is 3. The van der Waals surface area contributed by atoms with E-state index in [9.17, 15) is 4.79 Å². The Morgan fingerprint density at radius 2 is 1.91 bits per heavy atom. The van der Waals surface area contributed by atoms with E-state index in [1.54, 1.807) is 6.26 Å². The number of thioether (sulfide) groups is 1. The Balaban J connectivity index is 1.53. The third kappa shape index (κ3) is 5.43. The Labute approximate surface area is 199 Å². The SMILES string of the molecule is Cc1cc(C)c(NC(=O)C(C)Sc2nnc(N3CCC(C)CC3)n2Cc2ccco2)c(C)c1. The third-order valence-electron chi connectivity index (χ3n) is 6.23. The molecule has 1 unspecified atom stereocenters. The van der Waals surface area contributed by atoms with Crippen LogP contribution in [-0.4, -0.2) is 39.0 Å². The first-order valence-electron chi connectivity index (χ1n) is 11.6. The van der Waals surface area contributed by atoms with E-state index in [-0.39, 0.29) is 11.2 Å². The second-order valence-electron chi connectivity index (χ2n) is 9.14. The number of amides is 1. The normalized spacial score (nSPS) is 15.6. The molecule has 0 aliphatic carbocycles. The number of anilines is 2. The minimum absolute atomic E-state index is 0.0454. The molecular weight excluding hydrogens is 434 g/mol. The first kappa shape index (κ1) is 23.4. The molecule has 0 spiro atoms. The van der Waals surface area contributed by atoms with Crippen molar-refractivity contribution in [3.05, 3.63) is 53.0 Å². The van der Waals surface area contributed by atoms with E-state index in [4.69, 9.17) is 4.42 Å². The largest absolute Gasteiger partial charge is 0.467 e.